The van der Waals surface area contributed by atoms with Crippen LogP contribution in [0.15, 0.2) is 0 Å². The highest BCUT2D eigenvalue weighted by molar-refractivity contribution is 5.83. The molecule has 14 heavy (non-hydrogen) atoms. The van der Waals surface area contributed by atoms with Gasteiger partial charge in [0.25, 0.3) is 0 Å². The Morgan fingerprint density at radius 2 is 1.86 bits per heavy atom. The molecule has 82 valence electrons. The zero-order valence-electron chi connectivity index (χ0n) is 9.39. The molecule has 1 fully saturated rings. The Morgan fingerprint density at radius 1 is 1.36 bits per heavy atom. The molecule has 1 heterocycles. The van der Waals surface area contributed by atoms with Crippen LogP contribution in [0.25, 0.3) is 0 Å². The van der Waals surface area contributed by atoms with Gasteiger partial charge in [0.15, 0.2) is 0 Å². The van der Waals surface area contributed by atoms with Crippen molar-refractivity contribution in [3.05, 3.63) is 0 Å². The van der Waals surface area contributed by atoms with Crippen LogP contribution in [0.4, 0.5) is 0 Å². The van der Waals surface area contributed by atoms with E-state index in [9.17, 15) is 4.79 Å². The van der Waals surface area contributed by atoms with E-state index in [2.05, 4.69) is 5.32 Å². The molecule has 0 spiro atoms. The highest BCUT2D eigenvalue weighted by Crippen LogP contribution is 2.28. The Morgan fingerprint density at radius 3 is 2.14 bits per heavy atom. The molecule has 4 nitrogen and oxygen atoms in total. The van der Waals surface area contributed by atoms with Crippen LogP contribution in [0.3, 0.4) is 0 Å². The van der Waals surface area contributed by atoms with Crippen molar-refractivity contribution in [1.29, 1.82) is 0 Å². The van der Waals surface area contributed by atoms with Crippen LogP contribution in [0, 0.1) is 5.41 Å². The van der Waals surface area contributed by atoms with Gasteiger partial charge in [-0.25, -0.2) is 0 Å². The van der Waals surface area contributed by atoms with E-state index in [1.165, 1.54) is 0 Å². The third kappa shape index (κ3) is 2.07. The van der Waals surface area contributed by atoms with Crippen LogP contribution in [0.5, 0.6) is 0 Å². The molecule has 0 bridgehead atoms. The number of ether oxygens (including phenoxy) is 1. The smallest absolute Gasteiger partial charge is 0.227 e. The fraction of sp³-hybridized carbons (Fsp3) is 0.900. The van der Waals surface area contributed by atoms with Crippen molar-refractivity contribution in [2.24, 2.45) is 11.1 Å². The van der Waals surface area contributed by atoms with Crippen LogP contribution in [-0.2, 0) is 9.53 Å². The maximum atomic E-state index is 11.9. The largest absolute Gasteiger partial charge is 0.377 e. The molecule has 1 rings (SSSR count). The summed E-state index contributed by atoms with van der Waals surface area (Å²) in [5.74, 6) is -0.00157. The molecule has 0 unspecified atom stereocenters. The second-order valence-corrected chi connectivity index (χ2v) is 5.05. The fourth-order valence-electron chi connectivity index (χ4n) is 0.977. The maximum Gasteiger partial charge on any atom is 0.227 e. The minimum absolute atomic E-state index is 0.00157. The number of rotatable bonds is 3. The molecule has 4 heteroatoms. The first-order valence-electron chi connectivity index (χ1n) is 4.93. The van der Waals surface area contributed by atoms with Gasteiger partial charge in [0.05, 0.1) is 24.7 Å². The number of nitrogens with one attached hydrogen (secondary N) is 1. The molecule has 0 aliphatic carbocycles. The first-order valence-corrected chi connectivity index (χ1v) is 4.93. The summed E-state index contributed by atoms with van der Waals surface area (Å²) in [4.78, 5) is 11.9. The van der Waals surface area contributed by atoms with Crippen molar-refractivity contribution >= 4 is 5.91 Å². The summed E-state index contributed by atoms with van der Waals surface area (Å²) in [7, 11) is 0. The van der Waals surface area contributed by atoms with Gasteiger partial charge in [-0.2, -0.15) is 0 Å². The van der Waals surface area contributed by atoms with Crippen LogP contribution >= 0.6 is 0 Å². The Labute approximate surface area is 85.2 Å². The number of amides is 1. The number of hydrogen-bond donors (Lipinski definition) is 2. The van der Waals surface area contributed by atoms with Crippen molar-refractivity contribution in [3.63, 3.8) is 0 Å². The highest BCUT2D eigenvalue weighted by atomic mass is 16.5. The van der Waals surface area contributed by atoms with Crippen molar-refractivity contribution in [1.82, 2.24) is 5.32 Å². The third-order valence-electron chi connectivity index (χ3n) is 3.15. The van der Waals surface area contributed by atoms with Crippen molar-refractivity contribution in [2.75, 3.05) is 13.2 Å². The topological polar surface area (TPSA) is 64.4 Å². The molecule has 1 saturated heterocycles. The van der Waals surface area contributed by atoms with Gasteiger partial charge in [-0.15, -0.1) is 0 Å². The van der Waals surface area contributed by atoms with E-state index >= 15 is 0 Å². The van der Waals surface area contributed by atoms with Gasteiger partial charge in [-0.05, 0) is 27.7 Å². The SMILES string of the molecule is CC(C)(N)C(C)(C)C(=O)NC1COC1. The standard InChI is InChI=1S/C10H20N2O2/c1-9(2,10(3,4)11)8(13)12-7-5-14-6-7/h7H,5-6,11H2,1-4H3,(H,12,13). The van der Waals surface area contributed by atoms with E-state index in [0.717, 1.165) is 0 Å². The van der Waals surface area contributed by atoms with E-state index < -0.39 is 11.0 Å². The summed E-state index contributed by atoms with van der Waals surface area (Å²) in [6.07, 6.45) is 0. The van der Waals surface area contributed by atoms with E-state index in [-0.39, 0.29) is 11.9 Å². The van der Waals surface area contributed by atoms with Gasteiger partial charge >= 0.3 is 0 Å². The Balaban J connectivity index is 2.57. The number of carbonyl (C=O) groups is 1. The lowest BCUT2D eigenvalue weighted by molar-refractivity contribution is -0.136. The minimum Gasteiger partial charge on any atom is -0.377 e. The summed E-state index contributed by atoms with van der Waals surface area (Å²) in [5, 5.41) is 2.92. The molecule has 0 aromatic rings. The van der Waals surface area contributed by atoms with E-state index in [1.54, 1.807) is 0 Å². The van der Waals surface area contributed by atoms with Gasteiger partial charge in [0, 0.05) is 5.54 Å². The summed E-state index contributed by atoms with van der Waals surface area (Å²) >= 11 is 0. The molecule has 1 aliphatic rings. The number of nitrogens with two attached hydrogens (primary N) is 1. The predicted octanol–water partition coefficient (Wildman–Crippen LogP) is 0.265. The van der Waals surface area contributed by atoms with E-state index in [0.29, 0.717) is 13.2 Å². The molecule has 3 N–H and O–H groups in total. The zero-order chi connectivity index (χ0) is 11.0. The molecule has 1 amide bonds. The Kier molecular flexibility index (Phi) is 2.88. The Bertz CT molecular complexity index is 227. The average molecular weight is 200 g/mol. The molecule has 0 saturated carbocycles. The van der Waals surface area contributed by atoms with Gasteiger partial charge in [0.1, 0.15) is 0 Å². The van der Waals surface area contributed by atoms with Crippen LogP contribution in [-0.4, -0.2) is 30.7 Å². The van der Waals surface area contributed by atoms with Crippen LogP contribution in [0.2, 0.25) is 0 Å². The first-order chi connectivity index (χ1) is 6.25. The van der Waals surface area contributed by atoms with Gasteiger partial charge in [-0.1, -0.05) is 0 Å². The average Bonchev–Trinajstić information content (AvgIpc) is 1.93. The molecule has 0 atom stereocenters. The van der Waals surface area contributed by atoms with Crippen molar-refractivity contribution in [3.8, 4) is 0 Å². The normalized spacial score (nSPS) is 18.9. The predicted molar refractivity (Wildman–Crippen MR) is 54.8 cm³/mol. The molecule has 0 radical (unpaired) electrons. The van der Waals surface area contributed by atoms with E-state index in [4.69, 9.17) is 10.5 Å². The van der Waals surface area contributed by atoms with Gasteiger partial charge in [-0.3, -0.25) is 4.79 Å². The summed E-state index contributed by atoms with van der Waals surface area (Å²) < 4.78 is 4.99. The number of carbonyl (C=O) groups excluding carboxylic acids is 1. The Hall–Kier alpha value is -0.610. The maximum absolute atomic E-state index is 11.9. The van der Waals surface area contributed by atoms with Crippen LogP contribution in [0.1, 0.15) is 27.7 Å². The zero-order valence-corrected chi connectivity index (χ0v) is 9.39. The lowest BCUT2D eigenvalue weighted by Gasteiger charge is -2.39. The molecule has 1 aliphatic heterocycles. The van der Waals surface area contributed by atoms with Gasteiger partial charge in [0.2, 0.25) is 5.91 Å². The molecular weight excluding hydrogens is 180 g/mol. The van der Waals surface area contributed by atoms with Crippen LogP contribution < -0.4 is 11.1 Å². The lowest BCUT2D eigenvalue weighted by Crippen LogP contribution is -2.59. The van der Waals surface area contributed by atoms with E-state index in [1.807, 2.05) is 27.7 Å². The van der Waals surface area contributed by atoms with Crippen molar-refractivity contribution in [2.45, 2.75) is 39.3 Å². The lowest BCUT2D eigenvalue weighted by atomic mass is 9.74. The van der Waals surface area contributed by atoms with Crippen molar-refractivity contribution < 1.29 is 9.53 Å². The summed E-state index contributed by atoms with van der Waals surface area (Å²) in [5.41, 5.74) is 4.86. The first kappa shape index (κ1) is 11.5. The number of hydrogen-bond acceptors (Lipinski definition) is 3. The highest BCUT2D eigenvalue weighted by Gasteiger charge is 2.41. The molecule has 0 aromatic carbocycles. The summed E-state index contributed by atoms with van der Waals surface area (Å²) in [6.45, 7) is 8.69. The quantitative estimate of drug-likeness (QED) is 0.687. The summed E-state index contributed by atoms with van der Waals surface area (Å²) in [6, 6.07) is 0.170. The monoisotopic (exact) mass is 200 g/mol. The fourth-order valence-corrected chi connectivity index (χ4v) is 0.977. The van der Waals surface area contributed by atoms with Gasteiger partial charge < -0.3 is 15.8 Å². The molecular formula is C10H20N2O2. The second-order valence-electron chi connectivity index (χ2n) is 5.05. The second kappa shape index (κ2) is 3.51. The third-order valence-corrected chi connectivity index (χ3v) is 3.15. The molecule has 0 aromatic heterocycles. The minimum atomic E-state index is -0.567.